The molecule has 0 fully saturated rings. The molecular formula is C4H6F2NO2. The minimum Gasteiger partial charge on any atom is -0.310 e. The molecule has 0 aliphatic rings. The highest BCUT2D eigenvalue weighted by molar-refractivity contribution is 5.64. The van der Waals surface area contributed by atoms with Gasteiger partial charge in [-0.15, -0.1) is 0 Å². The Bertz CT molecular complexity index is 107. The van der Waals surface area contributed by atoms with Gasteiger partial charge in [-0.05, 0) is 6.92 Å². The molecule has 0 heterocycles. The van der Waals surface area contributed by atoms with Crippen molar-refractivity contribution in [2.24, 2.45) is 0 Å². The minimum atomic E-state index is -2.68. The Balaban J connectivity index is 3.50. The van der Waals surface area contributed by atoms with Gasteiger partial charge in [0.2, 0.25) is 0 Å². The van der Waals surface area contributed by atoms with Gasteiger partial charge >= 0.3 is 6.09 Å². The molecule has 0 aromatic heterocycles. The average Bonchev–Trinajstić information content (AvgIpc) is 1.63. The lowest BCUT2D eigenvalue weighted by Crippen LogP contribution is -2.35. The van der Waals surface area contributed by atoms with Crippen LogP contribution in [-0.2, 0) is 5.11 Å². The first-order chi connectivity index (χ1) is 4.04. The molecule has 0 aliphatic carbocycles. The van der Waals surface area contributed by atoms with E-state index in [0.717, 1.165) is 6.92 Å². The third kappa shape index (κ3) is 3.69. The summed E-state index contributed by atoms with van der Waals surface area (Å²) in [4.78, 5) is 9.56. The van der Waals surface area contributed by atoms with E-state index in [1.165, 1.54) is 5.32 Å². The van der Waals surface area contributed by atoms with Crippen LogP contribution in [-0.4, -0.2) is 18.6 Å². The fourth-order valence-corrected chi connectivity index (χ4v) is 0.249. The third-order valence-corrected chi connectivity index (χ3v) is 0.723. The van der Waals surface area contributed by atoms with E-state index in [9.17, 15) is 18.7 Å². The van der Waals surface area contributed by atoms with Gasteiger partial charge in [0, 0.05) is 0 Å². The number of alkyl halides is 2. The van der Waals surface area contributed by atoms with Crippen molar-refractivity contribution in [3.05, 3.63) is 0 Å². The molecule has 0 aromatic rings. The van der Waals surface area contributed by atoms with Gasteiger partial charge in [0.1, 0.15) is 0 Å². The average molecular weight is 138 g/mol. The Morgan fingerprint density at radius 1 is 1.56 bits per heavy atom. The van der Waals surface area contributed by atoms with Crippen molar-refractivity contribution in [1.82, 2.24) is 5.32 Å². The maximum absolute atomic E-state index is 11.4. The molecule has 0 saturated carbocycles. The second-order valence-electron chi connectivity index (χ2n) is 1.55. The predicted molar refractivity (Wildman–Crippen MR) is 24.7 cm³/mol. The van der Waals surface area contributed by atoms with Gasteiger partial charge in [0.05, 0.1) is 6.04 Å². The van der Waals surface area contributed by atoms with Crippen molar-refractivity contribution in [3.63, 3.8) is 0 Å². The second kappa shape index (κ2) is 3.21. The van der Waals surface area contributed by atoms with E-state index in [-0.39, 0.29) is 0 Å². The van der Waals surface area contributed by atoms with Crippen molar-refractivity contribution in [2.75, 3.05) is 0 Å². The summed E-state index contributed by atoms with van der Waals surface area (Å²) in [7, 11) is 0. The Kier molecular flexibility index (Phi) is 2.90. The summed E-state index contributed by atoms with van der Waals surface area (Å²) in [5.41, 5.74) is 0. The summed E-state index contributed by atoms with van der Waals surface area (Å²) in [6, 6.07) is -1.35. The summed E-state index contributed by atoms with van der Waals surface area (Å²) < 4.78 is 22.9. The summed E-state index contributed by atoms with van der Waals surface area (Å²) >= 11 is 0. The molecular weight excluding hydrogens is 132 g/mol. The summed E-state index contributed by atoms with van der Waals surface area (Å²) in [6.45, 7) is 1.06. The van der Waals surface area contributed by atoms with Crippen LogP contribution in [0.4, 0.5) is 13.6 Å². The van der Waals surface area contributed by atoms with Crippen LogP contribution in [0.3, 0.4) is 0 Å². The number of carbonyl (C=O) groups is 1. The lowest BCUT2D eigenvalue weighted by Gasteiger charge is -2.06. The van der Waals surface area contributed by atoms with E-state index in [2.05, 4.69) is 0 Å². The van der Waals surface area contributed by atoms with Crippen LogP contribution in [0.15, 0.2) is 0 Å². The monoisotopic (exact) mass is 138 g/mol. The molecule has 0 aliphatic heterocycles. The van der Waals surface area contributed by atoms with Gasteiger partial charge in [-0.1, -0.05) is 0 Å². The number of nitrogens with one attached hydrogen (secondary N) is 1. The van der Waals surface area contributed by atoms with E-state index >= 15 is 0 Å². The van der Waals surface area contributed by atoms with Crippen LogP contribution in [0, 0.1) is 0 Å². The molecule has 0 unspecified atom stereocenters. The first-order valence-corrected chi connectivity index (χ1v) is 2.29. The lowest BCUT2D eigenvalue weighted by atomic mass is 10.4. The second-order valence-corrected chi connectivity index (χ2v) is 1.55. The van der Waals surface area contributed by atoms with E-state index in [1.54, 1.807) is 0 Å². The zero-order valence-electron chi connectivity index (χ0n) is 4.73. The fourth-order valence-electron chi connectivity index (χ4n) is 0.249. The maximum Gasteiger partial charge on any atom is 0.450 e. The zero-order valence-corrected chi connectivity index (χ0v) is 4.73. The van der Waals surface area contributed by atoms with Crippen molar-refractivity contribution < 1.29 is 18.7 Å². The highest BCUT2D eigenvalue weighted by Gasteiger charge is 2.16. The number of carbonyl (C=O) groups excluding carboxylic acids is 1. The van der Waals surface area contributed by atoms with Crippen LogP contribution in [0.1, 0.15) is 6.92 Å². The first-order valence-electron chi connectivity index (χ1n) is 2.29. The molecule has 1 amide bonds. The van der Waals surface area contributed by atoms with Gasteiger partial charge in [-0.2, -0.15) is 0 Å². The van der Waals surface area contributed by atoms with Gasteiger partial charge in [0.25, 0.3) is 6.43 Å². The van der Waals surface area contributed by atoms with E-state index < -0.39 is 18.6 Å². The van der Waals surface area contributed by atoms with Crippen LogP contribution in [0.2, 0.25) is 0 Å². The topological polar surface area (TPSA) is 49.0 Å². The number of hydrogen-bond acceptors (Lipinski definition) is 1. The highest BCUT2D eigenvalue weighted by atomic mass is 19.3. The lowest BCUT2D eigenvalue weighted by molar-refractivity contribution is 0.0961. The Labute approximate surface area is 50.7 Å². The molecule has 0 aromatic carbocycles. The molecule has 0 bridgehead atoms. The highest BCUT2D eigenvalue weighted by Crippen LogP contribution is 1.98. The molecule has 3 nitrogen and oxygen atoms in total. The normalized spacial score (nSPS) is 13.3. The molecule has 53 valence electrons. The number of amides is 1. The largest absolute Gasteiger partial charge is 0.450 e. The predicted octanol–water partition coefficient (Wildman–Crippen LogP) is 0.780. The molecule has 1 N–H and O–H groups in total. The SMILES string of the molecule is C[C@@H](NC([O])=O)C(F)F. The summed E-state index contributed by atoms with van der Waals surface area (Å²) in [5.74, 6) is 0. The number of halogens is 2. The van der Waals surface area contributed by atoms with E-state index in [0.29, 0.717) is 0 Å². The van der Waals surface area contributed by atoms with Crippen molar-refractivity contribution in [2.45, 2.75) is 19.4 Å². The molecule has 5 heteroatoms. The van der Waals surface area contributed by atoms with Gasteiger partial charge in [-0.25, -0.2) is 18.7 Å². The van der Waals surface area contributed by atoms with Crippen LogP contribution in [0.5, 0.6) is 0 Å². The fraction of sp³-hybridized carbons (Fsp3) is 0.750. The molecule has 0 spiro atoms. The Hall–Kier alpha value is -0.870. The number of hydrogen-bond donors (Lipinski definition) is 1. The van der Waals surface area contributed by atoms with Crippen LogP contribution < -0.4 is 5.32 Å². The smallest absolute Gasteiger partial charge is 0.310 e. The van der Waals surface area contributed by atoms with Crippen molar-refractivity contribution in [3.8, 4) is 0 Å². The van der Waals surface area contributed by atoms with Gasteiger partial charge < -0.3 is 5.32 Å². The summed E-state index contributed by atoms with van der Waals surface area (Å²) in [6.07, 6.45) is -4.36. The molecule has 1 atom stereocenters. The maximum atomic E-state index is 11.4. The molecule has 0 saturated heterocycles. The van der Waals surface area contributed by atoms with Crippen molar-refractivity contribution >= 4 is 6.09 Å². The quantitative estimate of drug-likeness (QED) is 0.602. The van der Waals surface area contributed by atoms with Crippen LogP contribution in [0.25, 0.3) is 0 Å². The van der Waals surface area contributed by atoms with Gasteiger partial charge in [-0.3, -0.25) is 0 Å². The number of rotatable bonds is 2. The Morgan fingerprint density at radius 3 is 2.11 bits per heavy atom. The van der Waals surface area contributed by atoms with E-state index in [1.807, 2.05) is 0 Å². The first kappa shape index (κ1) is 8.13. The summed E-state index contributed by atoms with van der Waals surface area (Å²) in [5, 5.41) is 11.1. The van der Waals surface area contributed by atoms with Crippen molar-refractivity contribution in [1.29, 1.82) is 0 Å². The molecule has 9 heavy (non-hydrogen) atoms. The standard InChI is InChI=1S/C4H6F2NO2/c1-2(3(5)6)7-4(8)9/h2-3,7H,1H3/t2-/m1/s1. The van der Waals surface area contributed by atoms with Gasteiger partial charge in [0.15, 0.2) is 0 Å². The van der Waals surface area contributed by atoms with Crippen LogP contribution >= 0.6 is 0 Å². The Morgan fingerprint density at radius 2 is 2.00 bits per heavy atom. The molecule has 1 radical (unpaired) electrons. The third-order valence-electron chi connectivity index (χ3n) is 0.723. The molecule has 0 rings (SSSR count). The zero-order chi connectivity index (χ0) is 7.44. The van der Waals surface area contributed by atoms with E-state index in [4.69, 9.17) is 0 Å². The minimum absolute atomic E-state index is 1.06.